The Balaban J connectivity index is 2.16. The predicted octanol–water partition coefficient (Wildman–Crippen LogP) is 4.51. The topological polar surface area (TPSA) is 20.3 Å². The molecule has 2 rings (SSSR count). The normalized spacial score (nSPS) is 17.1. The van der Waals surface area contributed by atoms with E-state index in [0.717, 1.165) is 30.4 Å². The molecule has 1 aromatic carbocycles. The molecule has 4 heteroatoms. The van der Waals surface area contributed by atoms with E-state index in [0.29, 0.717) is 10.6 Å². The number of rotatable bonds is 1. The fourth-order valence-corrected chi connectivity index (χ4v) is 2.86. The minimum atomic E-state index is 0.0585. The van der Waals surface area contributed by atoms with Gasteiger partial charge in [-0.2, -0.15) is 0 Å². The van der Waals surface area contributed by atoms with Crippen LogP contribution >= 0.6 is 27.5 Å². The van der Waals surface area contributed by atoms with Crippen molar-refractivity contribution < 1.29 is 4.79 Å². The smallest absolute Gasteiger partial charge is 0.255 e. The van der Waals surface area contributed by atoms with Crippen molar-refractivity contribution in [2.75, 3.05) is 13.1 Å². The summed E-state index contributed by atoms with van der Waals surface area (Å²) in [7, 11) is 0. The van der Waals surface area contributed by atoms with Crippen LogP contribution in [0.3, 0.4) is 0 Å². The fourth-order valence-electron chi connectivity index (χ4n) is 2.29. The van der Waals surface area contributed by atoms with Gasteiger partial charge in [-0.3, -0.25) is 4.79 Å². The number of hydrogen-bond acceptors (Lipinski definition) is 1. The van der Waals surface area contributed by atoms with Crippen molar-refractivity contribution in [2.24, 2.45) is 0 Å². The van der Waals surface area contributed by atoms with E-state index in [9.17, 15) is 4.79 Å². The lowest BCUT2D eigenvalue weighted by molar-refractivity contribution is 0.0742. The molecule has 0 unspecified atom stereocenters. The number of benzene rings is 1. The van der Waals surface area contributed by atoms with Crippen molar-refractivity contribution in [3.8, 4) is 0 Å². The molecule has 1 aromatic rings. The first kappa shape index (κ1) is 13.9. The number of carbonyl (C=O) groups excluding carboxylic acids is 1. The van der Waals surface area contributed by atoms with Gasteiger partial charge in [0.05, 0.1) is 10.6 Å². The lowest BCUT2D eigenvalue weighted by Gasteiger charge is -2.25. The standard InChI is InChI=1S/C14H17BrClNO/c15-12-8-6-7-11(13(12)16)14(18)17-9-4-2-1-3-5-10-17/h6-8H,1-5,9-10H2. The van der Waals surface area contributed by atoms with E-state index in [1.165, 1.54) is 19.3 Å². The van der Waals surface area contributed by atoms with Gasteiger partial charge in [0.1, 0.15) is 0 Å². The molecule has 0 radical (unpaired) electrons. The quantitative estimate of drug-likeness (QED) is 0.742. The lowest BCUT2D eigenvalue weighted by Crippen LogP contribution is -2.34. The van der Waals surface area contributed by atoms with Crippen LogP contribution in [0, 0.1) is 0 Å². The fraction of sp³-hybridized carbons (Fsp3) is 0.500. The van der Waals surface area contributed by atoms with E-state index in [1.54, 1.807) is 6.07 Å². The third-order valence-corrected chi connectivity index (χ3v) is 4.62. The summed E-state index contributed by atoms with van der Waals surface area (Å²) < 4.78 is 0.780. The molecule has 0 N–H and O–H groups in total. The minimum Gasteiger partial charge on any atom is -0.339 e. The van der Waals surface area contributed by atoms with Crippen molar-refractivity contribution in [1.29, 1.82) is 0 Å². The molecular weight excluding hydrogens is 314 g/mol. The van der Waals surface area contributed by atoms with Crippen LogP contribution in [-0.2, 0) is 0 Å². The van der Waals surface area contributed by atoms with Gasteiger partial charge in [0.2, 0.25) is 0 Å². The molecule has 2 nitrogen and oxygen atoms in total. The summed E-state index contributed by atoms with van der Waals surface area (Å²) in [5.41, 5.74) is 0.603. The summed E-state index contributed by atoms with van der Waals surface area (Å²) in [4.78, 5) is 14.4. The first-order valence-corrected chi connectivity index (χ1v) is 7.60. The molecule has 1 saturated heterocycles. The summed E-state index contributed by atoms with van der Waals surface area (Å²) >= 11 is 9.55. The first-order valence-electron chi connectivity index (χ1n) is 6.43. The maximum absolute atomic E-state index is 12.5. The Morgan fingerprint density at radius 1 is 1.11 bits per heavy atom. The Hall–Kier alpha value is -0.540. The number of carbonyl (C=O) groups is 1. The molecule has 0 bridgehead atoms. The van der Waals surface area contributed by atoms with Gasteiger partial charge in [0, 0.05) is 17.6 Å². The van der Waals surface area contributed by atoms with E-state index in [-0.39, 0.29) is 5.91 Å². The number of nitrogens with zero attached hydrogens (tertiary/aromatic N) is 1. The zero-order valence-corrected chi connectivity index (χ0v) is 12.6. The highest BCUT2D eigenvalue weighted by atomic mass is 79.9. The molecule has 0 atom stereocenters. The number of likely N-dealkylation sites (tertiary alicyclic amines) is 1. The van der Waals surface area contributed by atoms with Gasteiger partial charge < -0.3 is 4.90 Å². The average molecular weight is 331 g/mol. The van der Waals surface area contributed by atoms with Gasteiger partial charge in [-0.05, 0) is 40.9 Å². The number of halogens is 2. The Labute approximate surface area is 121 Å². The monoisotopic (exact) mass is 329 g/mol. The lowest BCUT2D eigenvalue weighted by atomic mass is 10.1. The molecule has 98 valence electrons. The van der Waals surface area contributed by atoms with Crippen molar-refractivity contribution in [1.82, 2.24) is 4.90 Å². The van der Waals surface area contributed by atoms with Crippen LogP contribution < -0.4 is 0 Å². The minimum absolute atomic E-state index is 0.0585. The zero-order chi connectivity index (χ0) is 13.0. The third-order valence-electron chi connectivity index (χ3n) is 3.33. The highest BCUT2D eigenvalue weighted by molar-refractivity contribution is 9.10. The molecule has 1 aliphatic rings. The van der Waals surface area contributed by atoms with Gasteiger partial charge in [0.15, 0.2) is 0 Å². The summed E-state index contributed by atoms with van der Waals surface area (Å²) in [5.74, 6) is 0.0585. The molecule has 0 saturated carbocycles. The van der Waals surface area contributed by atoms with Gasteiger partial charge in [-0.15, -0.1) is 0 Å². The van der Waals surface area contributed by atoms with Crippen LogP contribution in [0.15, 0.2) is 22.7 Å². The Kier molecular flexibility index (Phi) is 5.07. The molecular formula is C14H17BrClNO. The molecule has 0 aromatic heterocycles. The summed E-state index contributed by atoms with van der Waals surface area (Å²) in [6.07, 6.45) is 5.92. The van der Waals surface area contributed by atoms with Crippen LogP contribution in [-0.4, -0.2) is 23.9 Å². The van der Waals surface area contributed by atoms with Crippen LogP contribution in [0.5, 0.6) is 0 Å². The molecule has 1 fully saturated rings. The van der Waals surface area contributed by atoms with Gasteiger partial charge >= 0.3 is 0 Å². The maximum atomic E-state index is 12.5. The maximum Gasteiger partial charge on any atom is 0.255 e. The highest BCUT2D eigenvalue weighted by Gasteiger charge is 2.19. The Morgan fingerprint density at radius 3 is 2.39 bits per heavy atom. The Bertz CT molecular complexity index is 428. The first-order chi connectivity index (χ1) is 8.70. The zero-order valence-electron chi connectivity index (χ0n) is 10.3. The van der Waals surface area contributed by atoms with Gasteiger partial charge in [0.25, 0.3) is 5.91 Å². The Morgan fingerprint density at radius 2 is 1.72 bits per heavy atom. The van der Waals surface area contributed by atoms with Gasteiger partial charge in [-0.1, -0.05) is 36.9 Å². The second-order valence-corrected chi connectivity index (χ2v) is 5.89. The molecule has 0 aliphatic carbocycles. The molecule has 1 heterocycles. The number of amides is 1. The molecule has 1 amide bonds. The van der Waals surface area contributed by atoms with E-state index < -0.39 is 0 Å². The largest absolute Gasteiger partial charge is 0.339 e. The number of hydrogen-bond donors (Lipinski definition) is 0. The van der Waals surface area contributed by atoms with Crippen molar-refractivity contribution in [3.63, 3.8) is 0 Å². The van der Waals surface area contributed by atoms with Crippen LogP contribution in [0.4, 0.5) is 0 Å². The summed E-state index contributed by atoms with van der Waals surface area (Å²) in [6.45, 7) is 1.70. The van der Waals surface area contributed by atoms with Crippen LogP contribution in [0.25, 0.3) is 0 Å². The van der Waals surface area contributed by atoms with Crippen LogP contribution in [0.2, 0.25) is 5.02 Å². The van der Waals surface area contributed by atoms with Crippen LogP contribution in [0.1, 0.15) is 42.5 Å². The second-order valence-electron chi connectivity index (χ2n) is 4.66. The third kappa shape index (κ3) is 3.27. The average Bonchev–Trinajstić information content (AvgIpc) is 2.31. The molecule has 18 heavy (non-hydrogen) atoms. The molecule has 1 aliphatic heterocycles. The van der Waals surface area contributed by atoms with E-state index in [2.05, 4.69) is 15.9 Å². The molecule has 0 spiro atoms. The summed E-state index contributed by atoms with van der Waals surface area (Å²) in [6, 6.07) is 5.51. The van der Waals surface area contributed by atoms with E-state index in [1.807, 2.05) is 17.0 Å². The SMILES string of the molecule is O=C(c1cccc(Br)c1Cl)N1CCCCCCC1. The van der Waals surface area contributed by atoms with E-state index >= 15 is 0 Å². The van der Waals surface area contributed by atoms with Crippen molar-refractivity contribution in [3.05, 3.63) is 33.3 Å². The van der Waals surface area contributed by atoms with Crippen molar-refractivity contribution in [2.45, 2.75) is 32.1 Å². The summed E-state index contributed by atoms with van der Waals surface area (Å²) in [5, 5.41) is 0.518. The highest BCUT2D eigenvalue weighted by Crippen LogP contribution is 2.27. The second kappa shape index (κ2) is 6.58. The van der Waals surface area contributed by atoms with E-state index in [4.69, 9.17) is 11.6 Å². The van der Waals surface area contributed by atoms with Gasteiger partial charge in [-0.25, -0.2) is 0 Å². The predicted molar refractivity (Wildman–Crippen MR) is 78.1 cm³/mol. The van der Waals surface area contributed by atoms with Crippen molar-refractivity contribution >= 4 is 33.4 Å².